The van der Waals surface area contributed by atoms with Gasteiger partial charge in [-0.05, 0) is 56.6 Å². The Morgan fingerprint density at radius 3 is 2.71 bits per heavy atom. The van der Waals surface area contributed by atoms with E-state index in [1.54, 1.807) is 0 Å². The molecule has 2 unspecified atom stereocenters. The predicted molar refractivity (Wildman–Crippen MR) is 123 cm³/mol. The largest absolute Gasteiger partial charge is 0.396 e. The Hall–Kier alpha value is -2.93. The van der Waals surface area contributed by atoms with Crippen LogP contribution in [0.1, 0.15) is 38.5 Å². The van der Waals surface area contributed by atoms with Crippen LogP contribution in [0, 0.1) is 5.92 Å². The molecule has 1 aromatic carbocycles. The molecule has 2 atom stereocenters. The summed E-state index contributed by atoms with van der Waals surface area (Å²) in [4.78, 5) is 28.1. The number of aliphatic hydroxyl groups excluding tert-OH is 1. The van der Waals surface area contributed by atoms with Gasteiger partial charge in [0, 0.05) is 31.1 Å². The fourth-order valence-corrected chi connectivity index (χ4v) is 4.83. The molecule has 0 bridgehead atoms. The summed E-state index contributed by atoms with van der Waals surface area (Å²) in [5.41, 5.74) is 1.79. The first kappa shape index (κ1) is 20.0. The number of nitrogens with zero attached hydrogens (tertiary/aromatic N) is 3. The van der Waals surface area contributed by atoms with Crippen molar-refractivity contribution in [2.24, 2.45) is 5.92 Å². The van der Waals surface area contributed by atoms with Gasteiger partial charge in [-0.3, -0.25) is 9.78 Å². The molecule has 2 aromatic heterocycles. The Balaban J connectivity index is 1.57. The van der Waals surface area contributed by atoms with Crippen molar-refractivity contribution in [2.45, 2.75) is 44.6 Å². The van der Waals surface area contributed by atoms with Gasteiger partial charge in [0.1, 0.15) is 11.4 Å². The molecule has 0 amide bonds. The van der Waals surface area contributed by atoms with E-state index >= 15 is 0 Å². The molecular weight excluding hydrogens is 390 g/mol. The molecule has 1 saturated heterocycles. The molecule has 1 saturated carbocycles. The van der Waals surface area contributed by atoms with E-state index in [4.69, 9.17) is 9.97 Å². The van der Waals surface area contributed by atoms with E-state index in [2.05, 4.69) is 15.2 Å². The fraction of sp³-hybridized carbons (Fsp3) is 0.458. The highest BCUT2D eigenvalue weighted by Gasteiger charge is 2.27. The first-order valence-corrected chi connectivity index (χ1v) is 11.3. The van der Waals surface area contributed by atoms with Crippen LogP contribution in [0.4, 0.5) is 11.8 Å². The number of fused-ring (bicyclic) bond motifs is 1. The summed E-state index contributed by atoms with van der Waals surface area (Å²) in [5.74, 6) is 1.53. The zero-order valence-electron chi connectivity index (χ0n) is 17.7. The molecule has 0 spiro atoms. The van der Waals surface area contributed by atoms with Gasteiger partial charge in [0.05, 0.1) is 11.2 Å². The second-order valence-corrected chi connectivity index (χ2v) is 8.75. The van der Waals surface area contributed by atoms with Crippen LogP contribution in [0.2, 0.25) is 0 Å². The first-order chi connectivity index (χ1) is 15.2. The summed E-state index contributed by atoms with van der Waals surface area (Å²) in [7, 11) is 0. The van der Waals surface area contributed by atoms with Crippen molar-refractivity contribution in [1.29, 1.82) is 0 Å². The van der Waals surface area contributed by atoms with E-state index in [-0.39, 0.29) is 18.2 Å². The van der Waals surface area contributed by atoms with Gasteiger partial charge in [-0.1, -0.05) is 24.3 Å². The van der Waals surface area contributed by atoms with Gasteiger partial charge >= 0.3 is 0 Å². The Labute approximate surface area is 181 Å². The molecule has 5 rings (SSSR count). The Bertz CT molecular complexity index is 1120. The third-order valence-electron chi connectivity index (χ3n) is 6.56. The van der Waals surface area contributed by atoms with Crippen molar-refractivity contribution in [2.75, 3.05) is 29.9 Å². The average Bonchev–Trinajstić information content (AvgIpc) is 3.27. The topological polar surface area (TPSA) is 94.1 Å². The lowest BCUT2D eigenvalue weighted by molar-refractivity contribution is 0.229. The summed E-state index contributed by atoms with van der Waals surface area (Å²) in [6.07, 6.45) is 6.27. The van der Waals surface area contributed by atoms with E-state index in [1.165, 1.54) is 6.42 Å². The summed E-state index contributed by atoms with van der Waals surface area (Å²) >= 11 is 0. The molecule has 2 aliphatic rings. The minimum atomic E-state index is -0.169. The molecule has 31 heavy (non-hydrogen) atoms. The zero-order chi connectivity index (χ0) is 21.2. The number of aliphatic hydroxyl groups is 1. The van der Waals surface area contributed by atoms with Crippen molar-refractivity contribution in [1.82, 2.24) is 15.0 Å². The molecule has 7 heteroatoms. The van der Waals surface area contributed by atoms with Crippen LogP contribution >= 0.6 is 0 Å². The second kappa shape index (κ2) is 8.67. The first-order valence-electron chi connectivity index (χ1n) is 11.3. The smallest absolute Gasteiger partial charge is 0.263 e. The highest BCUT2D eigenvalue weighted by molar-refractivity contribution is 5.83. The number of aromatic amines is 1. The van der Waals surface area contributed by atoms with Crippen LogP contribution < -0.4 is 15.8 Å². The van der Waals surface area contributed by atoms with E-state index in [9.17, 15) is 9.90 Å². The van der Waals surface area contributed by atoms with Crippen molar-refractivity contribution in [3.05, 3.63) is 46.8 Å². The van der Waals surface area contributed by atoms with Gasteiger partial charge < -0.3 is 15.3 Å². The average molecular weight is 420 g/mol. The lowest BCUT2D eigenvalue weighted by atomic mass is 10.1. The number of hydrogen-bond donors (Lipinski definition) is 3. The maximum atomic E-state index is 13.3. The van der Waals surface area contributed by atoms with E-state index in [1.807, 2.05) is 36.4 Å². The minimum absolute atomic E-state index is 0.169. The van der Waals surface area contributed by atoms with E-state index < -0.39 is 0 Å². The number of para-hydroxylation sites is 1. The third-order valence-corrected chi connectivity index (χ3v) is 6.56. The quantitative estimate of drug-likeness (QED) is 0.586. The molecule has 3 N–H and O–H groups in total. The normalized spacial score (nSPS) is 21.5. The van der Waals surface area contributed by atoms with Crippen molar-refractivity contribution in [3.63, 3.8) is 0 Å². The number of hydrogen-bond acceptors (Lipinski definition) is 6. The van der Waals surface area contributed by atoms with Crippen LogP contribution in [0.5, 0.6) is 0 Å². The van der Waals surface area contributed by atoms with Crippen molar-refractivity contribution >= 4 is 22.7 Å². The van der Waals surface area contributed by atoms with Crippen LogP contribution in [0.15, 0.2) is 41.2 Å². The van der Waals surface area contributed by atoms with Crippen molar-refractivity contribution in [3.8, 4) is 11.3 Å². The standard InChI is InChI=1S/C24H29N5O2/c30-15-16-8-10-18(14-16)25-22-21(20-11-9-17-6-2-3-7-19(17)26-20)23(31)28-24(27-22)29-12-4-1-5-13-29/h2-3,6-7,9,11,16,18,30H,1,4-5,8,10,12-15H2,(H2,25,27,28,31). The molecule has 2 fully saturated rings. The monoisotopic (exact) mass is 419 g/mol. The molecule has 3 aromatic rings. The summed E-state index contributed by atoms with van der Waals surface area (Å²) in [6, 6.07) is 12.0. The lowest BCUT2D eigenvalue weighted by Gasteiger charge is -2.28. The van der Waals surface area contributed by atoms with Gasteiger partial charge in [-0.15, -0.1) is 0 Å². The van der Waals surface area contributed by atoms with E-state index in [0.29, 0.717) is 28.9 Å². The van der Waals surface area contributed by atoms with Gasteiger partial charge in [-0.25, -0.2) is 4.98 Å². The maximum Gasteiger partial charge on any atom is 0.263 e. The highest BCUT2D eigenvalue weighted by Crippen LogP contribution is 2.31. The molecular formula is C24H29N5O2. The Kier molecular flexibility index (Phi) is 5.59. The fourth-order valence-electron chi connectivity index (χ4n) is 4.83. The second-order valence-electron chi connectivity index (χ2n) is 8.75. The Morgan fingerprint density at radius 1 is 1.06 bits per heavy atom. The number of rotatable bonds is 5. The summed E-state index contributed by atoms with van der Waals surface area (Å²) in [6.45, 7) is 2.02. The van der Waals surface area contributed by atoms with Crippen LogP contribution in [0.3, 0.4) is 0 Å². The molecule has 1 aliphatic carbocycles. The Morgan fingerprint density at radius 2 is 1.90 bits per heavy atom. The van der Waals surface area contributed by atoms with Gasteiger partial charge in [0.25, 0.3) is 5.56 Å². The number of nitrogens with one attached hydrogen (secondary N) is 2. The molecule has 7 nitrogen and oxygen atoms in total. The third kappa shape index (κ3) is 4.14. The zero-order valence-corrected chi connectivity index (χ0v) is 17.7. The van der Waals surface area contributed by atoms with Gasteiger partial charge in [0.2, 0.25) is 5.95 Å². The SMILES string of the molecule is O=c1[nH]c(N2CCCCC2)nc(NC2CCC(CO)C2)c1-c1ccc2ccccc2n1. The van der Waals surface area contributed by atoms with Crippen LogP contribution in [-0.2, 0) is 0 Å². The summed E-state index contributed by atoms with van der Waals surface area (Å²) < 4.78 is 0. The lowest BCUT2D eigenvalue weighted by Crippen LogP contribution is -2.33. The van der Waals surface area contributed by atoms with Gasteiger partial charge in [-0.2, -0.15) is 4.98 Å². The van der Waals surface area contributed by atoms with Crippen LogP contribution in [-0.4, -0.2) is 45.8 Å². The maximum absolute atomic E-state index is 13.3. The van der Waals surface area contributed by atoms with E-state index in [0.717, 1.165) is 56.1 Å². The van der Waals surface area contributed by atoms with Gasteiger partial charge in [0.15, 0.2) is 0 Å². The number of H-pyrrole nitrogens is 1. The molecule has 162 valence electrons. The number of aromatic nitrogens is 3. The number of benzene rings is 1. The number of anilines is 2. The number of piperidine rings is 1. The molecule has 0 radical (unpaired) electrons. The predicted octanol–water partition coefficient (Wildman–Crippen LogP) is 3.55. The molecule has 3 heterocycles. The van der Waals surface area contributed by atoms with Crippen molar-refractivity contribution < 1.29 is 5.11 Å². The summed E-state index contributed by atoms with van der Waals surface area (Å²) in [5, 5.41) is 14.1. The minimum Gasteiger partial charge on any atom is -0.396 e. The molecule has 1 aliphatic heterocycles. The highest BCUT2D eigenvalue weighted by atomic mass is 16.3. The number of pyridine rings is 1. The van der Waals surface area contributed by atoms with Crippen LogP contribution in [0.25, 0.3) is 22.2 Å².